The summed E-state index contributed by atoms with van der Waals surface area (Å²) in [5.74, 6) is 0.574. The van der Waals surface area contributed by atoms with Crippen LogP contribution in [0.4, 0.5) is 0 Å². The SMILES string of the molecule is COc1nc(-c2ccc(C)c(C)c2)cc2nn(C3CCCCO3)c(Br)c12. The van der Waals surface area contributed by atoms with Crippen molar-refractivity contribution in [3.8, 4) is 17.1 Å². The van der Waals surface area contributed by atoms with Gasteiger partial charge in [-0.1, -0.05) is 12.1 Å². The van der Waals surface area contributed by atoms with E-state index in [1.54, 1.807) is 7.11 Å². The van der Waals surface area contributed by atoms with Crippen molar-refractivity contribution < 1.29 is 9.47 Å². The lowest BCUT2D eigenvalue weighted by Gasteiger charge is -2.23. The van der Waals surface area contributed by atoms with Gasteiger partial charge >= 0.3 is 0 Å². The molecule has 1 unspecified atom stereocenters. The van der Waals surface area contributed by atoms with Gasteiger partial charge in [-0.05, 0) is 72.3 Å². The molecule has 0 spiro atoms. The minimum Gasteiger partial charge on any atom is -0.480 e. The lowest BCUT2D eigenvalue weighted by molar-refractivity contribution is -0.0404. The molecule has 5 nitrogen and oxygen atoms in total. The van der Waals surface area contributed by atoms with E-state index < -0.39 is 0 Å². The number of hydrogen-bond acceptors (Lipinski definition) is 4. The van der Waals surface area contributed by atoms with Crippen molar-refractivity contribution in [3.05, 3.63) is 40.0 Å². The van der Waals surface area contributed by atoms with Gasteiger partial charge < -0.3 is 9.47 Å². The third-order valence-corrected chi connectivity index (χ3v) is 5.77. The number of rotatable bonds is 3. The minimum absolute atomic E-state index is 0.0414. The van der Waals surface area contributed by atoms with E-state index in [0.717, 1.165) is 52.6 Å². The molecule has 3 heterocycles. The van der Waals surface area contributed by atoms with Gasteiger partial charge in [0.15, 0.2) is 6.23 Å². The number of aryl methyl sites for hydroxylation is 2. The van der Waals surface area contributed by atoms with Crippen LogP contribution in [0.15, 0.2) is 28.9 Å². The van der Waals surface area contributed by atoms with Crippen molar-refractivity contribution >= 4 is 26.8 Å². The maximum atomic E-state index is 5.90. The highest BCUT2D eigenvalue weighted by atomic mass is 79.9. The molecule has 136 valence electrons. The molecule has 1 saturated heterocycles. The Balaban J connectivity index is 1.85. The number of methoxy groups -OCH3 is 1. The number of hydrogen-bond donors (Lipinski definition) is 0. The van der Waals surface area contributed by atoms with Crippen LogP contribution in [-0.2, 0) is 4.74 Å². The molecule has 0 aliphatic carbocycles. The molecular formula is C20H22BrN3O2. The van der Waals surface area contributed by atoms with Gasteiger partial charge in [-0.2, -0.15) is 5.10 Å². The zero-order chi connectivity index (χ0) is 18.3. The summed E-state index contributed by atoms with van der Waals surface area (Å²) < 4.78 is 14.3. The van der Waals surface area contributed by atoms with E-state index in [9.17, 15) is 0 Å². The smallest absolute Gasteiger partial charge is 0.226 e. The van der Waals surface area contributed by atoms with Gasteiger partial charge in [-0.3, -0.25) is 0 Å². The maximum Gasteiger partial charge on any atom is 0.226 e. The van der Waals surface area contributed by atoms with Crippen LogP contribution in [0, 0.1) is 13.8 Å². The number of nitrogens with zero attached hydrogens (tertiary/aromatic N) is 3. The van der Waals surface area contributed by atoms with Crippen molar-refractivity contribution in [1.29, 1.82) is 0 Å². The first-order chi connectivity index (χ1) is 12.6. The summed E-state index contributed by atoms with van der Waals surface area (Å²) in [6.45, 7) is 5.00. The number of aromatic nitrogens is 3. The van der Waals surface area contributed by atoms with Gasteiger partial charge in [-0.25, -0.2) is 9.67 Å². The van der Waals surface area contributed by atoms with Crippen LogP contribution < -0.4 is 4.74 Å². The Bertz CT molecular complexity index is 961. The molecule has 0 N–H and O–H groups in total. The Hall–Kier alpha value is -1.92. The summed E-state index contributed by atoms with van der Waals surface area (Å²) in [6.07, 6.45) is 3.18. The first-order valence-electron chi connectivity index (χ1n) is 8.90. The van der Waals surface area contributed by atoms with E-state index in [1.165, 1.54) is 11.1 Å². The molecule has 3 aromatic rings. The topological polar surface area (TPSA) is 49.2 Å². The maximum absolute atomic E-state index is 5.90. The predicted molar refractivity (Wildman–Crippen MR) is 106 cm³/mol. The average Bonchev–Trinajstić information content (AvgIpc) is 3.00. The Kier molecular flexibility index (Phi) is 4.71. The van der Waals surface area contributed by atoms with Gasteiger partial charge in [0, 0.05) is 12.2 Å². The summed E-state index contributed by atoms with van der Waals surface area (Å²) in [5, 5.41) is 5.68. The Labute approximate surface area is 161 Å². The molecule has 0 radical (unpaired) electrons. The highest BCUT2D eigenvalue weighted by molar-refractivity contribution is 9.10. The van der Waals surface area contributed by atoms with Crippen LogP contribution in [0.2, 0.25) is 0 Å². The van der Waals surface area contributed by atoms with Gasteiger partial charge in [-0.15, -0.1) is 0 Å². The van der Waals surface area contributed by atoms with Crippen LogP contribution in [0.5, 0.6) is 5.88 Å². The molecule has 1 atom stereocenters. The fourth-order valence-corrected chi connectivity index (χ4v) is 4.04. The predicted octanol–water partition coefficient (Wildman–Crippen LogP) is 5.19. The van der Waals surface area contributed by atoms with Crippen molar-refractivity contribution in [1.82, 2.24) is 14.8 Å². The molecule has 2 aromatic heterocycles. The van der Waals surface area contributed by atoms with Gasteiger partial charge in [0.2, 0.25) is 5.88 Å². The second kappa shape index (κ2) is 7.00. The first kappa shape index (κ1) is 17.5. The molecule has 6 heteroatoms. The molecule has 26 heavy (non-hydrogen) atoms. The van der Waals surface area contributed by atoms with Crippen molar-refractivity contribution in [2.45, 2.75) is 39.3 Å². The van der Waals surface area contributed by atoms with Crippen LogP contribution in [0.25, 0.3) is 22.2 Å². The molecule has 0 amide bonds. The fourth-order valence-electron chi connectivity index (χ4n) is 3.36. The lowest BCUT2D eigenvalue weighted by Crippen LogP contribution is -2.19. The van der Waals surface area contributed by atoms with Gasteiger partial charge in [0.25, 0.3) is 0 Å². The standard InChI is InChI=1S/C20H22BrN3O2/c1-12-7-8-14(10-13(12)2)15-11-16-18(20(22-15)25-3)19(21)24(23-16)17-6-4-5-9-26-17/h7-8,10-11,17H,4-6,9H2,1-3H3. The van der Waals surface area contributed by atoms with E-state index in [4.69, 9.17) is 19.6 Å². The number of fused-ring (bicyclic) bond motifs is 1. The summed E-state index contributed by atoms with van der Waals surface area (Å²) in [5.41, 5.74) is 5.28. The van der Waals surface area contributed by atoms with E-state index in [-0.39, 0.29) is 6.23 Å². The molecular weight excluding hydrogens is 394 g/mol. The average molecular weight is 416 g/mol. The number of benzene rings is 1. The third-order valence-electron chi connectivity index (χ3n) is 5.01. The summed E-state index contributed by atoms with van der Waals surface area (Å²) in [4.78, 5) is 4.73. The fraction of sp³-hybridized carbons (Fsp3) is 0.400. The normalized spacial score (nSPS) is 17.6. The van der Waals surface area contributed by atoms with E-state index in [2.05, 4.69) is 48.0 Å². The quantitative estimate of drug-likeness (QED) is 0.590. The zero-order valence-corrected chi connectivity index (χ0v) is 16.8. The first-order valence-corrected chi connectivity index (χ1v) is 9.69. The molecule has 1 fully saturated rings. The molecule has 1 aliphatic rings. The van der Waals surface area contributed by atoms with Crippen molar-refractivity contribution in [3.63, 3.8) is 0 Å². The second-order valence-corrected chi connectivity index (χ2v) is 7.52. The zero-order valence-electron chi connectivity index (χ0n) is 15.3. The molecule has 1 aliphatic heterocycles. The Morgan fingerprint density at radius 3 is 2.73 bits per heavy atom. The largest absolute Gasteiger partial charge is 0.480 e. The summed E-state index contributed by atoms with van der Waals surface area (Å²) in [7, 11) is 1.65. The second-order valence-electron chi connectivity index (χ2n) is 6.77. The molecule has 0 bridgehead atoms. The summed E-state index contributed by atoms with van der Waals surface area (Å²) in [6, 6.07) is 8.38. The van der Waals surface area contributed by atoms with E-state index in [1.807, 2.05) is 10.7 Å². The lowest BCUT2D eigenvalue weighted by atomic mass is 10.0. The van der Waals surface area contributed by atoms with Crippen LogP contribution in [0.3, 0.4) is 0 Å². The Morgan fingerprint density at radius 1 is 1.19 bits per heavy atom. The van der Waals surface area contributed by atoms with Crippen molar-refractivity contribution in [2.75, 3.05) is 13.7 Å². The molecule has 4 rings (SSSR count). The molecule has 0 saturated carbocycles. The number of halogens is 1. The van der Waals surface area contributed by atoms with E-state index >= 15 is 0 Å². The monoisotopic (exact) mass is 415 g/mol. The van der Waals surface area contributed by atoms with Crippen LogP contribution >= 0.6 is 15.9 Å². The molecule has 1 aromatic carbocycles. The Morgan fingerprint density at radius 2 is 2.04 bits per heavy atom. The minimum atomic E-state index is -0.0414. The van der Waals surface area contributed by atoms with Crippen LogP contribution in [-0.4, -0.2) is 28.5 Å². The van der Waals surface area contributed by atoms with Crippen LogP contribution in [0.1, 0.15) is 36.6 Å². The van der Waals surface area contributed by atoms with Crippen molar-refractivity contribution in [2.24, 2.45) is 0 Å². The summed E-state index contributed by atoms with van der Waals surface area (Å²) >= 11 is 3.68. The highest BCUT2D eigenvalue weighted by Crippen LogP contribution is 2.37. The third kappa shape index (κ3) is 3.01. The van der Waals surface area contributed by atoms with Gasteiger partial charge in [0.05, 0.1) is 18.2 Å². The highest BCUT2D eigenvalue weighted by Gasteiger charge is 2.24. The number of pyridine rings is 1. The number of ether oxygens (including phenoxy) is 2. The van der Waals surface area contributed by atoms with E-state index in [0.29, 0.717) is 5.88 Å². The van der Waals surface area contributed by atoms with Gasteiger partial charge in [0.1, 0.15) is 10.1 Å².